The van der Waals surface area contributed by atoms with Crippen molar-refractivity contribution in [2.24, 2.45) is 5.92 Å². The minimum atomic E-state index is -0.938. The highest BCUT2D eigenvalue weighted by molar-refractivity contribution is 5.93. The van der Waals surface area contributed by atoms with Gasteiger partial charge in [0.05, 0.1) is 23.3 Å². The molecule has 8 heteroatoms. The zero-order chi connectivity index (χ0) is 20.3. The number of aromatic nitrogens is 4. The summed E-state index contributed by atoms with van der Waals surface area (Å²) in [5, 5.41) is 18.2. The molecular weight excluding hydrogens is 358 g/mol. The van der Waals surface area contributed by atoms with Crippen molar-refractivity contribution >= 4 is 22.8 Å². The molecule has 0 atom stereocenters. The average Bonchev–Trinajstić information content (AvgIpc) is 3.05. The summed E-state index contributed by atoms with van der Waals surface area (Å²) in [5.74, 6) is -1.03. The fourth-order valence-electron chi connectivity index (χ4n) is 3.06. The fraction of sp³-hybridized carbons (Fsp3) is 0.350. The lowest BCUT2D eigenvalue weighted by molar-refractivity contribution is -0.137. The number of carboxylic acids is 1. The third kappa shape index (κ3) is 4.16. The summed E-state index contributed by atoms with van der Waals surface area (Å²) < 4.78 is 1.62. The number of carbonyl (C=O) groups excluding carboxylic acids is 1. The van der Waals surface area contributed by atoms with Crippen LogP contribution in [0.2, 0.25) is 0 Å². The Kier molecular flexibility index (Phi) is 5.67. The van der Waals surface area contributed by atoms with Crippen LogP contribution in [-0.4, -0.2) is 55.0 Å². The van der Waals surface area contributed by atoms with Crippen LogP contribution >= 0.6 is 0 Å². The topological polar surface area (TPSA) is 101 Å². The van der Waals surface area contributed by atoms with Crippen LogP contribution in [0.15, 0.2) is 36.5 Å². The molecule has 0 aliphatic heterocycles. The second kappa shape index (κ2) is 8.16. The Balaban J connectivity index is 1.91. The van der Waals surface area contributed by atoms with E-state index in [1.54, 1.807) is 17.8 Å². The van der Waals surface area contributed by atoms with E-state index in [2.05, 4.69) is 15.3 Å². The first-order chi connectivity index (χ1) is 13.4. The summed E-state index contributed by atoms with van der Waals surface area (Å²) in [4.78, 5) is 29.7. The number of carbonyl (C=O) groups is 2. The molecule has 3 aromatic rings. The van der Waals surface area contributed by atoms with Gasteiger partial charge in [0.15, 0.2) is 5.69 Å². The van der Waals surface area contributed by atoms with Crippen molar-refractivity contribution in [3.05, 3.63) is 47.9 Å². The predicted molar refractivity (Wildman–Crippen MR) is 104 cm³/mol. The van der Waals surface area contributed by atoms with Crippen molar-refractivity contribution in [1.29, 1.82) is 0 Å². The zero-order valence-corrected chi connectivity index (χ0v) is 16.2. The maximum Gasteiger partial charge on any atom is 0.305 e. The van der Waals surface area contributed by atoms with Crippen LogP contribution in [0.5, 0.6) is 0 Å². The van der Waals surface area contributed by atoms with Crippen LogP contribution in [0.25, 0.3) is 16.6 Å². The second-order valence-corrected chi connectivity index (χ2v) is 7.10. The molecule has 2 aromatic heterocycles. The van der Waals surface area contributed by atoms with Gasteiger partial charge in [-0.25, -0.2) is 4.68 Å². The van der Waals surface area contributed by atoms with Crippen molar-refractivity contribution in [2.45, 2.75) is 27.2 Å². The smallest absolute Gasteiger partial charge is 0.305 e. The predicted octanol–water partition coefficient (Wildman–Crippen LogP) is 2.70. The minimum Gasteiger partial charge on any atom is -0.481 e. The Labute approximate surface area is 162 Å². The highest BCUT2D eigenvalue weighted by Gasteiger charge is 2.24. The summed E-state index contributed by atoms with van der Waals surface area (Å²) in [5.41, 5.74) is 2.50. The molecule has 1 N–H and O–H groups in total. The lowest BCUT2D eigenvalue weighted by atomic mass is 10.1. The number of carboxylic acid groups (broad SMARTS) is 1. The monoisotopic (exact) mass is 381 g/mol. The molecule has 2 heterocycles. The number of rotatable bonds is 7. The second-order valence-electron chi connectivity index (χ2n) is 7.10. The molecule has 28 heavy (non-hydrogen) atoms. The van der Waals surface area contributed by atoms with Crippen LogP contribution in [0.3, 0.4) is 0 Å². The van der Waals surface area contributed by atoms with Crippen LogP contribution in [-0.2, 0) is 4.79 Å². The molecule has 0 saturated carbocycles. The van der Waals surface area contributed by atoms with Gasteiger partial charge in [0.25, 0.3) is 5.91 Å². The van der Waals surface area contributed by atoms with Crippen molar-refractivity contribution in [2.75, 3.05) is 13.1 Å². The molecule has 8 nitrogen and oxygen atoms in total. The molecule has 1 amide bonds. The number of benzene rings is 1. The van der Waals surface area contributed by atoms with Crippen LogP contribution in [0.4, 0.5) is 0 Å². The highest BCUT2D eigenvalue weighted by Crippen LogP contribution is 2.19. The Hall–Kier alpha value is -3.29. The van der Waals surface area contributed by atoms with E-state index in [1.165, 1.54) is 4.90 Å². The van der Waals surface area contributed by atoms with Gasteiger partial charge in [-0.15, -0.1) is 5.10 Å². The summed E-state index contributed by atoms with van der Waals surface area (Å²) in [6, 6.07) is 9.53. The van der Waals surface area contributed by atoms with Gasteiger partial charge >= 0.3 is 5.97 Å². The van der Waals surface area contributed by atoms with Gasteiger partial charge in [0.2, 0.25) is 0 Å². The van der Waals surface area contributed by atoms with Crippen molar-refractivity contribution in [3.8, 4) is 5.69 Å². The van der Waals surface area contributed by atoms with Crippen molar-refractivity contribution < 1.29 is 14.7 Å². The first-order valence-corrected chi connectivity index (χ1v) is 9.15. The third-order valence-electron chi connectivity index (χ3n) is 4.40. The van der Waals surface area contributed by atoms with E-state index in [4.69, 9.17) is 5.11 Å². The number of hydrogen-bond donors (Lipinski definition) is 1. The summed E-state index contributed by atoms with van der Waals surface area (Å²) >= 11 is 0. The molecular formula is C20H23N5O3. The quantitative estimate of drug-likeness (QED) is 0.675. The standard InChI is InChI=1S/C20H23N5O3/c1-13(2)12-24(10-8-18(26)27)20(28)19-14(3)25(23-22-19)16-6-7-17-15(11-16)5-4-9-21-17/h4-7,9,11,13H,8,10,12H2,1-3H3,(H,26,27). The minimum absolute atomic E-state index is 0.108. The molecule has 0 radical (unpaired) electrons. The maximum atomic E-state index is 13.0. The summed E-state index contributed by atoms with van der Waals surface area (Å²) in [7, 11) is 0. The number of amides is 1. The molecule has 146 valence electrons. The summed E-state index contributed by atoms with van der Waals surface area (Å²) in [6.07, 6.45) is 1.63. The molecule has 0 saturated heterocycles. The van der Waals surface area contributed by atoms with Crippen molar-refractivity contribution in [1.82, 2.24) is 24.9 Å². The lowest BCUT2D eigenvalue weighted by Gasteiger charge is -2.23. The van der Waals surface area contributed by atoms with Crippen LogP contribution in [0, 0.1) is 12.8 Å². The van der Waals surface area contributed by atoms with E-state index >= 15 is 0 Å². The zero-order valence-electron chi connectivity index (χ0n) is 16.2. The van der Waals surface area contributed by atoms with E-state index in [9.17, 15) is 9.59 Å². The van der Waals surface area contributed by atoms with Gasteiger partial charge in [0.1, 0.15) is 0 Å². The molecule has 0 fully saturated rings. The number of aliphatic carboxylic acids is 1. The van der Waals surface area contributed by atoms with E-state index in [0.29, 0.717) is 12.2 Å². The molecule has 3 rings (SSSR count). The average molecular weight is 381 g/mol. The van der Waals surface area contributed by atoms with Crippen LogP contribution in [0.1, 0.15) is 36.5 Å². The lowest BCUT2D eigenvalue weighted by Crippen LogP contribution is -2.36. The Bertz CT molecular complexity index is 1010. The Morgan fingerprint density at radius 3 is 2.75 bits per heavy atom. The highest BCUT2D eigenvalue weighted by atomic mass is 16.4. The van der Waals surface area contributed by atoms with Gasteiger partial charge in [-0.05, 0) is 37.1 Å². The first kappa shape index (κ1) is 19.5. The fourth-order valence-corrected chi connectivity index (χ4v) is 3.06. The number of hydrogen-bond acceptors (Lipinski definition) is 5. The Morgan fingerprint density at radius 1 is 1.25 bits per heavy atom. The SMILES string of the molecule is Cc1c(C(=O)N(CCC(=O)O)CC(C)C)nnn1-c1ccc2ncccc2c1. The number of pyridine rings is 1. The molecule has 0 bridgehead atoms. The molecule has 0 spiro atoms. The van der Waals surface area contributed by atoms with Crippen LogP contribution < -0.4 is 0 Å². The number of nitrogens with zero attached hydrogens (tertiary/aromatic N) is 5. The molecule has 0 aliphatic carbocycles. The van der Waals surface area contributed by atoms with E-state index in [-0.39, 0.29) is 30.5 Å². The van der Waals surface area contributed by atoms with Gasteiger partial charge in [-0.2, -0.15) is 0 Å². The van der Waals surface area contributed by atoms with Crippen molar-refractivity contribution in [3.63, 3.8) is 0 Å². The van der Waals surface area contributed by atoms with Gasteiger partial charge in [-0.1, -0.05) is 25.1 Å². The van der Waals surface area contributed by atoms with Gasteiger partial charge < -0.3 is 10.0 Å². The van der Waals surface area contributed by atoms with E-state index < -0.39 is 5.97 Å². The number of fused-ring (bicyclic) bond motifs is 1. The maximum absolute atomic E-state index is 13.0. The van der Waals surface area contributed by atoms with E-state index in [0.717, 1.165) is 16.6 Å². The Morgan fingerprint density at radius 2 is 2.04 bits per heavy atom. The van der Waals surface area contributed by atoms with Gasteiger partial charge in [0, 0.05) is 24.7 Å². The first-order valence-electron chi connectivity index (χ1n) is 9.15. The largest absolute Gasteiger partial charge is 0.481 e. The molecule has 0 unspecified atom stereocenters. The van der Waals surface area contributed by atoms with E-state index in [1.807, 2.05) is 44.2 Å². The molecule has 1 aromatic carbocycles. The third-order valence-corrected chi connectivity index (χ3v) is 4.40. The summed E-state index contributed by atoms with van der Waals surface area (Å²) in [6.45, 7) is 6.34. The van der Waals surface area contributed by atoms with Gasteiger partial charge in [-0.3, -0.25) is 14.6 Å². The molecule has 0 aliphatic rings. The normalized spacial score (nSPS) is 11.1.